The molecule has 1 rings (SSSR count). The molecule has 0 saturated carbocycles. The topological polar surface area (TPSA) is 226 Å². The number of hydrogen-bond donors (Lipinski definition) is 6. The fourth-order valence-electron chi connectivity index (χ4n) is 2.16. The number of carboxylic acids is 3. The molecule has 31 heavy (non-hydrogen) atoms. The quantitative estimate of drug-likeness (QED) is 0.167. The standard InChI is InChI=1S/C17H20N4O9S/c18-9(17(28)29)2-4-13(22)20-11(15(25)19-6-14(23)24)7-31-12-3-1-8(16(26)27)5-10(12)21-30/h1,3,5,9,11H,2,4,6-7,18H2,(H,19,25)(H,20,22)(H,23,24)(H,26,27)(H,28,29). The third-order valence-corrected chi connectivity index (χ3v) is 4.93. The molecule has 1 aromatic carbocycles. The van der Waals surface area contributed by atoms with E-state index in [1.165, 1.54) is 12.1 Å². The van der Waals surface area contributed by atoms with E-state index >= 15 is 0 Å². The molecular weight excluding hydrogens is 436 g/mol. The second kappa shape index (κ2) is 12.2. The van der Waals surface area contributed by atoms with Crippen LogP contribution in [-0.2, 0) is 19.2 Å². The molecular formula is C17H20N4O9S. The highest BCUT2D eigenvalue weighted by Gasteiger charge is 2.23. The first kappa shape index (κ1) is 25.5. The number of benzene rings is 1. The van der Waals surface area contributed by atoms with Crippen LogP contribution in [0.2, 0.25) is 0 Å². The monoisotopic (exact) mass is 456 g/mol. The van der Waals surface area contributed by atoms with E-state index in [-0.39, 0.29) is 34.7 Å². The van der Waals surface area contributed by atoms with Gasteiger partial charge >= 0.3 is 17.9 Å². The molecule has 0 heterocycles. The van der Waals surface area contributed by atoms with E-state index in [2.05, 4.69) is 15.8 Å². The Morgan fingerprint density at radius 1 is 1.13 bits per heavy atom. The molecule has 2 atom stereocenters. The molecule has 168 valence electrons. The summed E-state index contributed by atoms with van der Waals surface area (Å²) in [6.45, 7) is -0.700. The van der Waals surface area contributed by atoms with Crippen LogP contribution in [0.1, 0.15) is 23.2 Å². The zero-order valence-electron chi connectivity index (χ0n) is 15.9. The number of rotatable bonds is 13. The number of nitrogens with zero attached hydrogens (tertiary/aromatic N) is 1. The molecule has 0 bridgehead atoms. The van der Waals surface area contributed by atoms with Gasteiger partial charge in [0.1, 0.15) is 24.3 Å². The van der Waals surface area contributed by atoms with E-state index in [4.69, 9.17) is 21.1 Å². The van der Waals surface area contributed by atoms with Gasteiger partial charge in [-0.05, 0) is 29.8 Å². The fraction of sp³-hybridized carbons (Fsp3) is 0.353. The van der Waals surface area contributed by atoms with Crippen LogP contribution < -0.4 is 16.4 Å². The smallest absolute Gasteiger partial charge is 0.335 e. The lowest BCUT2D eigenvalue weighted by Gasteiger charge is -2.18. The van der Waals surface area contributed by atoms with Gasteiger partial charge in [-0.15, -0.1) is 16.7 Å². The number of nitrogens with two attached hydrogens (primary N) is 1. The molecule has 14 heteroatoms. The number of carboxylic acid groups (broad SMARTS) is 3. The number of thioether (sulfide) groups is 1. The molecule has 2 amide bonds. The number of nitroso groups, excluding NO2 is 1. The maximum atomic E-state index is 12.3. The van der Waals surface area contributed by atoms with E-state index in [1.54, 1.807) is 0 Å². The average Bonchev–Trinajstić information content (AvgIpc) is 2.72. The molecule has 0 aliphatic carbocycles. The van der Waals surface area contributed by atoms with E-state index in [0.29, 0.717) is 0 Å². The number of aliphatic carboxylic acids is 2. The minimum Gasteiger partial charge on any atom is -0.480 e. The molecule has 2 unspecified atom stereocenters. The summed E-state index contributed by atoms with van der Waals surface area (Å²) >= 11 is 0.906. The van der Waals surface area contributed by atoms with Crippen LogP contribution >= 0.6 is 11.8 Å². The second-order valence-electron chi connectivity index (χ2n) is 6.10. The van der Waals surface area contributed by atoms with Crippen LogP contribution in [0, 0.1) is 4.91 Å². The number of hydrogen-bond acceptors (Lipinski definition) is 9. The van der Waals surface area contributed by atoms with Gasteiger partial charge in [-0.25, -0.2) is 4.79 Å². The summed E-state index contributed by atoms with van der Waals surface area (Å²) in [7, 11) is 0. The normalized spacial score (nSPS) is 12.3. The maximum Gasteiger partial charge on any atom is 0.335 e. The minimum atomic E-state index is -1.31. The van der Waals surface area contributed by atoms with Gasteiger partial charge in [0, 0.05) is 17.1 Å². The van der Waals surface area contributed by atoms with Crippen LogP contribution in [0.15, 0.2) is 28.3 Å². The molecule has 13 nitrogen and oxygen atoms in total. The lowest BCUT2D eigenvalue weighted by molar-refractivity contribution is -0.139. The van der Waals surface area contributed by atoms with Crippen LogP contribution in [-0.4, -0.2) is 69.4 Å². The molecule has 1 aromatic rings. The molecule has 0 aliphatic rings. The number of carbonyl (C=O) groups excluding carboxylic acids is 2. The Morgan fingerprint density at radius 2 is 1.81 bits per heavy atom. The van der Waals surface area contributed by atoms with Crippen molar-refractivity contribution >= 4 is 47.2 Å². The highest BCUT2D eigenvalue weighted by Crippen LogP contribution is 2.31. The van der Waals surface area contributed by atoms with Crippen LogP contribution in [0.4, 0.5) is 5.69 Å². The Morgan fingerprint density at radius 3 is 2.35 bits per heavy atom. The summed E-state index contributed by atoms with van der Waals surface area (Å²) in [5.74, 6) is -5.54. The number of aromatic carboxylic acids is 1. The first-order chi connectivity index (χ1) is 14.5. The molecule has 7 N–H and O–H groups in total. The zero-order valence-corrected chi connectivity index (χ0v) is 16.8. The summed E-state index contributed by atoms with van der Waals surface area (Å²) < 4.78 is 0. The van der Waals surface area contributed by atoms with E-state index in [9.17, 15) is 28.9 Å². The van der Waals surface area contributed by atoms with Crippen molar-refractivity contribution in [2.45, 2.75) is 29.8 Å². The lowest BCUT2D eigenvalue weighted by atomic mass is 10.1. The highest BCUT2D eigenvalue weighted by molar-refractivity contribution is 7.99. The number of nitrogens with one attached hydrogen (secondary N) is 2. The van der Waals surface area contributed by atoms with E-state index in [1.807, 2.05) is 0 Å². The highest BCUT2D eigenvalue weighted by atomic mass is 32.2. The van der Waals surface area contributed by atoms with Crippen molar-refractivity contribution in [3.63, 3.8) is 0 Å². The largest absolute Gasteiger partial charge is 0.480 e. The van der Waals surface area contributed by atoms with Crippen LogP contribution in [0.5, 0.6) is 0 Å². The SMILES string of the molecule is NC(CCC(=O)NC(CSc1ccc(C(=O)O)cc1N=O)C(=O)NCC(=O)O)C(=O)O. The first-order valence-corrected chi connectivity index (χ1v) is 9.64. The predicted octanol–water partition coefficient (Wildman–Crippen LogP) is -0.247. The second-order valence-corrected chi connectivity index (χ2v) is 7.17. The molecule has 0 fully saturated rings. The van der Waals surface area contributed by atoms with Crippen LogP contribution in [0.25, 0.3) is 0 Å². The van der Waals surface area contributed by atoms with Gasteiger partial charge in [-0.2, -0.15) is 0 Å². The van der Waals surface area contributed by atoms with Gasteiger partial charge in [-0.3, -0.25) is 19.2 Å². The predicted molar refractivity (Wildman–Crippen MR) is 107 cm³/mol. The Balaban J connectivity index is 2.89. The Bertz CT molecular complexity index is 877. The minimum absolute atomic E-state index is 0.156. The average molecular weight is 456 g/mol. The van der Waals surface area contributed by atoms with Crippen molar-refractivity contribution < 1.29 is 39.3 Å². The maximum absolute atomic E-state index is 12.3. The van der Waals surface area contributed by atoms with Gasteiger partial charge in [0.05, 0.1) is 5.56 Å². The Kier molecular flexibility index (Phi) is 10.1. The van der Waals surface area contributed by atoms with Gasteiger partial charge in [0.2, 0.25) is 11.8 Å². The van der Waals surface area contributed by atoms with Crippen molar-refractivity contribution in [3.05, 3.63) is 28.7 Å². The summed E-state index contributed by atoms with van der Waals surface area (Å²) in [5, 5.41) is 33.6. The zero-order chi connectivity index (χ0) is 23.6. The van der Waals surface area contributed by atoms with Gasteiger partial charge in [0.25, 0.3) is 0 Å². The van der Waals surface area contributed by atoms with Gasteiger partial charge in [-0.1, -0.05) is 0 Å². The molecule has 0 radical (unpaired) electrons. The van der Waals surface area contributed by atoms with Crippen molar-refractivity contribution in [1.29, 1.82) is 0 Å². The molecule has 0 spiro atoms. The molecule has 0 aliphatic heterocycles. The third kappa shape index (κ3) is 8.79. The Hall–Kier alpha value is -3.52. The number of carbonyl (C=O) groups is 5. The Labute approximate surface area is 179 Å². The van der Waals surface area contributed by atoms with Crippen molar-refractivity contribution in [2.24, 2.45) is 10.9 Å². The van der Waals surface area contributed by atoms with Gasteiger partial charge < -0.3 is 31.7 Å². The molecule has 0 aromatic heterocycles. The lowest BCUT2D eigenvalue weighted by Crippen LogP contribution is -2.49. The van der Waals surface area contributed by atoms with E-state index in [0.717, 1.165) is 17.8 Å². The fourth-order valence-corrected chi connectivity index (χ4v) is 3.15. The van der Waals surface area contributed by atoms with Crippen molar-refractivity contribution in [2.75, 3.05) is 12.3 Å². The summed E-state index contributed by atoms with van der Waals surface area (Å²) in [6, 6.07) is 1.07. The summed E-state index contributed by atoms with van der Waals surface area (Å²) in [4.78, 5) is 68.0. The summed E-state index contributed by atoms with van der Waals surface area (Å²) in [5.41, 5.74) is 4.97. The van der Waals surface area contributed by atoms with Crippen LogP contribution in [0.3, 0.4) is 0 Å². The van der Waals surface area contributed by atoms with Gasteiger partial charge in [0.15, 0.2) is 0 Å². The van der Waals surface area contributed by atoms with Crippen molar-refractivity contribution in [1.82, 2.24) is 10.6 Å². The third-order valence-electron chi connectivity index (χ3n) is 3.77. The van der Waals surface area contributed by atoms with E-state index < -0.39 is 48.4 Å². The van der Waals surface area contributed by atoms with Crippen molar-refractivity contribution in [3.8, 4) is 0 Å². The number of amides is 2. The molecule has 0 saturated heterocycles. The summed E-state index contributed by atoms with van der Waals surface area (Å²) in [6.07, 6.45) is -0.483. The first-order valence-electron chi connectivity index (χ1n) is 8.65.